The number of nitriles is 9. The van der Waals surface area contributed by atoms with Crippen LogP contribution in [-0.2, 0) is 0 Å². The Labute approximate surface area is 261 Å². The van der Waals surface area contributed by atoms with Gasteiger partial charge in [-0.25, -0.2) is 13.8 Å². The van der Waals surface area contributed by atoms with Crippen LogP contribution in [-0.4, -0.2) is 9.97 Å². The van der Waals surface area contributed by atoms with Crippen molar-refractivity contribution in [1.29, 1.82) is 47.4 Å². The van der Waals surface area contributed by atoms with E-state index >= 15 is 8.78 Å². The Morgan fingerprint density at radius 1 is 0.553 bits per heavy atom. The minimum Gasteiger partial charge on any atom is -0.227 e. The van der Waals surface area contributed by atoms with Gasteiger partial charge in [-0.1, -0.05) is 0 Å². The quantitative estimate of drug-likeness (QED) is 0.275. The van der Waals surface area contributed by atoms with Gasteiger partial charge in [-0.2, -0.15) is 56.7 Å². The van der Waals surface area contributed by atoms with Crippen LogP contribution in [0.2, 0.25) is 0 Å². The van der Waals surface area contributed by atoms with Gasteiger partial charge in [0.2, 0.25) is 11.8 Å². The lowest BCUT2D eigenvalue weighted by molar-refractivity contribution is 0.573. The molecule has 0 radical (unpaired) electrons. The zero-order valence-electron chi connectivity index (χ0n) is 22.9. The number of nitrogens with zero attached hydrogens (tertiary/aromatic N) is 11. The maximum absolute atomic E-state index is 15.5. The van der Waals surface area contributed by atoms with E-state index in [0.717, 1.165) is 12.3 Å². The molecule has 2 aliphatic carbocycles. The van der Waals surface area contributed by atoms with Crippen molar-refractivity contribution in [3.63, 3.8) is 0 Å². The van der Waals surface area contributed by atoms with Crippen LogP contribution < -0.4 is 0 Å². The molecule has 0 saturated heterocycles. The fraction of sp³-hybridized carbons (Fsp3) is 0. The van der Waals surface area contributed by atoms with Crippen molar-refractivity contribution < 1.29 is 13.2 Å². The molecule has 47 heavy (non-hydrogen) atoms. The highest BCUT2D eigenvalue weighted by Gasteiger charge is 2.41. The second kappa shape index (κ2) is 11.4. The molecule has 0 N–H and O–H groups in total. The number of benzene rings is 2. The lowest BCUT2D eigenvalue weighted by atomic mass is 9.87. The molecule has 1 heterocycles. The smallest absolute Gasteiger partial charge is 0.227 e. The first kappa shape index (κ1) is 30.1. The van der Waals surface area contributed by atoms with Crippen molar-refractivity contribution in [2.24, 2.45) is 0 Å². The van der Waals surface area contributed by atoms with Crippen molar-refractivity contribution in [1.82, 2.24) is 9.97 Å². The Kier molecular flexibility index (Phi) is 7.31. The van der Waals surface area contributed by atoms with E-state index < -0.39 is 84.7 Å². The van der Waals surface area contributed by atoms with Crippen LogP contribution in [0.25, 0.3) is 33.4 Å². The minimum absolute atomic E-state index is 0.216. The summed E-state index contributed by atoms with van der Waals surface area (Å²) in [7, 11) is 0. The van der Waals surface area contributed by atoms with Crippen molar-refractivity contribution in [2.75, 3.05) is 0 Å². The molecule has 0 atom stereocenters. The molecule has 2 aromatic carbocycles. The molecule has 0 unspecified atom stereocenters. The second-order valence-corrected chi connectivity index (χ2v) is 9.31. The fourth-order valence-electron chi connectivity index (χ4n) is 5.44. The average Bonchev–Trinajstić information content (AvgIpc) is 3.58. The second-order valence-electron chi connectivity index (χ2n) is 9.31. The van der Waals surface area contributed by atoms with Gasteiger partial charge in [0.05, 0.1) is 27.8 Å². The Bertz CT molecular complexity index is 2560. The van der Waals surface area contributed by atoms with Crippen LogP contribution in [0.1, 0.15) is 50.3 Å². The summed E-state index contributed by atoms with van der Waals surface area (Å²) in [5, 5.41) is 88.9. The van der Waals surface area contributed by atoms with Gasteiger partial charge in [0, 0.05) is 45.2 Å². The molecule has 14 heteroatoms. The van der Waals surface area contributed by atoms with Crippen LogP contribution in [0.5, 0.6) is 0 Å². The van der Waals surface area contributed by atoms with E-state index in [2.05, 4.69) is 9.97 Å². The van der Waals surface area contributed by atoms with Crippen LogP contribution in [0.15, 0.2) is 35.5 Å². The number of hydrogen-bond donors (Lipinski definition) is 0. The zero-order valence-corrected chi connectivity index (χ0v) is 22.9. The van der Waals surface area contributed by atoms with E-state index in [0.29, 0.717) is 12.1 Å². The summed E-state index contributed by atoms with van der Waals surface area (Å²) in [5.74, 6) is -4.32. The largest absolute Gasteiger partial charge is 0.234 e. The number of hydrogen-bond acceptors (Lipinski definition) is 11. The molecule has 0 amide bonds. The summed E-state index contributed by atoms with van der Waals surface area (Å²) in [6.07, 6.45) is 0.835. The van der Waals surface area contributed by atoms with Crippen molar-refractivity contribution in [2.45, 2.75) is 0 Å². The molecule has 0 spiro atoms. The predicted molar refractivity (Wildman–Crippen MR) is 150 cm³/mol. The highest BCUT2D eigenvalue weighted by Crippen LogP contribution is 2.56. The molecular weight excluding hydrogens is 607 g/mol. The van der Waals surface area contributed by atoms with E-state index in [9.17, 15) is 41.2 Å². The van der Waals surface area contributed by atoms with Gasteiger partial charge in [0.25, 0.3) is 0 Å². The molecule has 1 aromatic heterocycles. The first-order valence-corrected chi connectivity index (χ1v) is 12.5. The van der Waals surface area contributed by atoms with Gasteiger partial charge in [-0.3, -0.25) is 0 Å². The predicted octanol–water partition coefficient (Wildman–Crippen LogP) is 5.01. The third-order valence-electron chi connectivity index (χ3n) is 7.21. The number of rotatable bonds is 2. The topological polar surface area (TPSA) is 240 Å². The SMILES string of the molecule is N#CC(C#N)=C1C(c2cc(F)c(C#N)cc2F)=C(C#N)c2c1cc1c(c2C#N)C(C#N)=C(c2cnc(C#N)nc2F)C1=C(C#N)C#N. The fourth-order valence-corrected chi connectivity index (χ4v) is 5.44. The molecule has 0 fully saturated rings. The molecule has 3 aromatic rings. The van der Waals surface area contributed by atoms with Crippen LogP contribution in [0, 0.1) is 120 Å². The summed E-state index contributed by atoms with van der Waals surface area (Å²) in [5.41, 5.74) is -7.51. The molecule has 11 nitrogen and oxygen atoms in total. The van der Waals surface area contributed by atoms with Gasteiger partial charge < -0.3 is 0 Å². The summed E-state index contributed by atoms with van der Waals surface area (Å²) in [6.45, 7) is 0. The zero-order chi connectivity index (χ0) is 34.2. The maximum atomic E-state index is 15.5. The van der Waals surface area contributed by atoms with Gasteiger partial charge in [-0.15, -0.1) is 0 Å². The van der Waals surface area contributed by atoms with Crippen molar-refractivity contribution in [3.05, 3.63) is 103 Å². The van der Waals surface area contributed by atoms with Crippen LogP contribution >= 0.6 is 0 Å². The van der Waals surface area contributed by atoms with E-state index in [4.69, 9.17) is 10.5 Å². The van der Waals surface area contributed by atoms with Crippen LogP contribution in [0.3, 0.4) is 0 Å². The Hall–Kier alpha value is -8.32. The van der Waals surface area contributed by atoms with Crippen molar-refractivity contribution >= 4 is 33.4 Å². The Balaban J connectivity index is 2.05. The lowest BCUT2D eigenvalue weighted by Gasteiger charge is -2.13. The number of fused-ring (bicyclic) bond motifs is 2. The molecule has 212 valence electrons. The molecule has 0 aliphatic heterocycles. The third-order valence-corrected chi connectivity index (χ3v) is 7.21. The average molecular weight is 611 g/mol. The van der Waals surface area contributed by atoms with Gasteiger partial charge in [0.15, 0.2) is 0 Å². The van der Waals surface area contributed by atoms with Crippen molar-refractivity contribution in [3.8, 4) is 54.6 Å². The third kappa shape index (κ3) is 4.21. The Morgan fingerprint density at radius 2 is 1.09 bits per heavy atom. The first-order chi connectivity index (χ1) is 22.7. The van der Waals surface area contributed by atoms with Crippen LogP contribution in [0.4, 0.5) is 13.2 Å². The summed E-state index contributed by atoms with van der Waals surface area (Å²) in [4.78, 5) is 7.13. The van der Waals surface area contributed by atoms with E-state index in [1.807, 2.05) is 12.1 Å². The highest BCUT2D eigenvalue weighted by atomic mass is 19.1. The number of halogens is 3. The Morgan fingerprint density at radius 3 is 1.51 bits per heavy atom. The standard InChI is InChI=1S/C33H4F3N11/c34-24-3-17(25(35)1-14(24)4-37)31-21(10-43)29-18(27(31)15(5-38)6-39)2-19-28(16(7-40)8-41)32(22(11-44)30(19)20(29)9-42)23-13-46-26(12-45)47-33(23)36/h1-3,13H. The number of aromatic nitrogens is 2. The molecule has 0 saturated carbocycles. The van der Waals surface area contributed by atoms with Gasteiger partial charge >= 0.3 is 0 Å². The number of allylic oxidation sites excluding steroid dienone is 8. The highest BCUT2D eigenvalue weighted by molar-refractivity contribution is 6.30. The normalized spacial score (nSPS) is 12.1. The molecular formula is C33H4F3N11. The maximum Gasteiger partial charge on any atom is 0.234 e. The summed E-state index contributed by atoms with van der Waals surface area (Å²) >= 11 is 0. The first-order valence-electron chi connectivity index (χ1n) is 12.5. The monoisotopic (exact) mass is 611 g/mol. The van der Waals surface area contributed by atoms with E-state index in [1.54, 1.807) is 30.3 Å². The summed E-state index contributed by atoms with van der Waals surface area (Å²) < 4.78 is 45.6. The van der Waals surface area contributed by atoms with E-state index in [-0.39, 0.29) is 27.8 Å². The van der Waals surface area contributed by atoms with E-state index in [1.165, 1.54) is 12.1 Å². The minimum atomic E-state index is -1.32. The van der Waals surface area contributed by atoms with Gasteiger partial charge in [-0.05, 0) is 29.3 Å². The molecule has 0 bridgehead atoms. The van der Waals surface area contributed by atoms with Gasteiger partial charge in [0.1, 0.15) is 77.4 Å². The molecule has 2 aliphatic rings. The lowest BCUT2D eigenvalue weighted by Crippen LogP contribution is -2.01. The molecule has 5 rings (SSSR count). The summed E-state index contributed by atoms with van der Waals surface area (Å²) in [6, 6.07) is 17.2.